The third-order valence-electron chi connectivity index (χ3n) is 3.88. The summed E-state index contributed by atoms with van der Waals surface area (Å²) < 4.78 is 2.18. The van der Waals surface area contributed by atoms with Crippen LogP contribution in [0.4, 0.5) is 0 Å². The lowest BCUT2D eigenvalue weighted by Gasteiger charge is -2.33. The number of thiazole rings is 1. The van der Waals surface area contributed by atoms with Gasteiger partial charge in [0.15, 0.2) is 0 Å². The van der Waals surface area contributed by atoms with Crippen molar-refractivity contribution in [2.45, 2.75) is 32.7 Å². The van der Waals surface area contributed by atoms with Gasteiger partial charge in [-0.2, -0.15) is 0 Å². The Kier molecular flexibility index (Phi) is 3.56. The third kappa shape index (κ3) is 2.35. The molecule has 5 nitrogen and oxygen atoms in total. The third-order valence-corrected chi connectivity index (χ3v) is 4.80. The van der Waals surface area contributed by atoms with Crippen LogP contribution in [0.3, 0.4) is 0 Å². The number of imidazole rings is 1. The number of rotatable bonds is 2. The highest BCUT2D eigenvalue weighted by molar-refractivity contribution is 7.11. The van der Waals surface area contributed by atoms with Gasteiger partial charge in [0, 0.05) is 25.5 Å². The van der Waals surface area contributed by atoms with Crippen LogP contribution >= 0.6 is 11.3 Å². The molecule has 1 amide bonds. The van der Waals surface area contributed by atoms with E-state index >= 15 is 0 Å². The van der Waals surface area contributed by atoms with Gasteiger partial charge in [-0.15, -0.1) is 11.3 Å². The predicted molar refractivity (Wildman–Crippen MR) is 78.0 cm³/mol. The van der Waals surface area contributed by atoms with E-state index in [2.05, 4.69) is 14.5 Å². The molecule has 0 aliphatic carbocycles. The summed E-state index contributed by atoms with van der Waals surface area (Å²) in [4.78, 5) is 23.7. The van der Waals surface area contributed by atoms with Crippen molar-refractivity contribution in [1.82, 2.24) is 19.4 Å². The van der Waals surface area contributed by atoms with Crippen molar-refractivity contribution in [2.24, 2.45) is 0 Å². The fourth-order valence-corrected chi connectivity index (χ4v) is 3.56. The second kappa shape index (κ2) is 5.36. The van der Waals surface area contributed by atoms with Gasteiger partial charge in [-0.3, -0.25) is 4.79 Å². The summed E-state index contributed by atoms with van der Waals surface area (Å²) in [6.45, 7) is 5.49. The summed E-state index contributed by atoms with van der Waals surface area (Å²) >= 11 is 1.43. The van der Waals surface area contributed by atoms with Gasteiger partial charge in [0.1, 0.15) is 10.7 Å². The van der Waals surface area contributed by atoms with Crippen molar-refractivity contribution in [3.05, 3.63) is 34.3 Å². The lowest BCUT2D eigenvalue weighted by Crippen LogP contribution is -2.40. The van der Waals surface area contributed by atoms with E-state index in [0.29, 0.717) is 6.04 Å². The van der Waals surface area contributed by atoms with E-state index in [1.54, 1.807) is 5.51 Å². The number of amides is 1. The number of hydrogen-bond acceptors (Lipinski definition) is 4. The first-order chi connectivity index (χ1) is 9.66. The molecule has 0 saturated carbocycles. The van der Waals surface area contributed by atoms with Crippen molar-refractivity contribution < 1.29 is 4.79 Å². The van der Waals surface area contributed by atoms with Crippen molar-refractivity contribution in [1.29, 1.82) is 0 Å². The molecule has 106 valence electrons. The van der Waals surface area contributed by atoms with Crippen LogP contribution < -0.4 is 0 Å². The maximum atomic E-state index is 12.6. The second-order valence-corrected chi connectivity index (χ2v) is 6.05. The number of piperidine rings is 1. The minimum Gasteiger partial charge on any atom is -0.336 e. The highest BCUT2D eigenvalue weighted by Crippen LogP contribution is 2.25. The second-order valence-electron chi connectivity index (χ2n) is 5.20. The van der Waals surface area contributed by atoms with Crippen LogP contribution in [0.2, 0.25) is 0 Å². The van der Waals surface area contributed by atoms with Gasteiger partial charge in [-0.1, -0.05) is 0 Å². The van der Waals surface area contributed by atoms with Crippen molar-refractivity contribution in [3.8, 4) is 0 Å². The number of nitrogens with zero attached hydrogens (tertiary/aromatic N) is 4. The SMILES string of the molecule is Cc1ncsc1C(=O)N1CCC[C@@H](n2ccnc2C)C1. The van der Waals surface area contributed by atoms with E-state index < -0.39 is 0 Å². The minimum absolute atomic E-state index is 0.118. The van der Waals surface area contributed by atoms with Gasteiger partial charge in [0.05, 0.1) is 17.2 Å². The standard InChI is InChI=1S/C14H18N4OS/c1-10-13(20-9-16-10)14(19)17-6-3-4-12(8-17)18-7-5-15-11(18)2/h5,7,9,12H,3-4,6,8H2,1-2H3/t12-/m1/s1. The lowest BCUT2D eigenvalue weighted by molar-refractivity contribution is 0.0682. The molecule has 0 unspecified atom stereocenters. The summed E-state index contributed by atoms with van der Waals surface area (Å²) in [5, 5.41) is 0. The summed E-state index contributed by atoms with van der Waals surface area (Å²) in [5.41, 5.74) is 2.57. The zero-order chi connectivity index (χ0) is 14.1. The van der Waals surface area contributed by atoms with Crippen molar-refractivity contribution >= 4 is 17.2 Å². The zero-order valence-corrected chi connectivity index (χ0v) is 12.6. The Morgan fingerprint density at radius 2 is 2.25 bits per heavy atom. The van der Waals surface area contributed by atoms with Gasteiger partial charge in [-0.05, 0) is 26.7 Å². The summed E-state index contributed by atoms with van der Waals surface area (Å²) in [6.07, 6.45) is 5.96. The molecule has 1 fully saturated rings. The molecule has 0 N–H and O–H groups in total. The molecule has 20 heavy (non-hydrogen) atoms. The van der Waals surface area contributed by atoms with Gasteiger partial charge in [-0.25, -0.2) is 9.97 Å². The first-order valence-electron chi connectivity index (χ1n) is 6.85. The molecular formula is C14H18N4OS. The van der Waals surface area contributed by atoms with Crippen LogP contribution in [0.25, 0.3) is 0 Å². The Morgan fingerprint density at radius 1 is 1.40 bits per heavy atom. The summed E-state index contributed by atoms with van der Waals surface area (Å²) in [6, 6.07) is 0.337. The largest absolute Gasteiger partial charge is 0.336 e. The first-order valence-corrected chi connectivity index (χ1v) is 7.73. The average Bonchev–Trinajstić information content (AvgIpc) is 3.07. The van der Waals surface area contributed by atoms with E-state index in [1.165, 1.54) is 11.3 Å². The molecule has 3 heterocycles. The fourth-order valence-electron chi connectivity index (χ4n) is 2.79. The van der Waals surface area contributed by atoms with Gasteiger partial charge in [0.25, 0.3) is 5.91 Å². The summed E-state index contributed by atoms with van der Waals surface area (Å²) in [5.74, 6) is 1.13. The topological polar surface area (TPSA) is 51.0 Å². The monoisotopic (exact) mass is 290 g/mol. The highest BCUT2D eigenvalue weighted by atomic mass is 32.1. The molecule has 0 aromatic carbocycles. The average molecular weight is 290 g/mol. The molecular weight excluding hydrogens is 272 g/mol. The number of carbonyl (C=O) groups is 1. The summed E-state index contributed by atoms with van der Waals surface area (Å²) in [7, 11) is 0. The number of hydrogen-bond donors (Lipinski definition) is 0. The number of aryl methyl sites for hydroxylation is 2. The Balaban J connectivity index is 1.77. The van der Waals surface area contributed by atoms with Crippen molar-refractivity contribution in [3.63, 3.8) is 0 Å². The lowest BCUT2D eigenvalue weighted by atomic mass is 10.0. The van der Waals surface area contributed by atoms with Crippen LogP contribution in [0.1, 0.15) is 40.1 Å². The maximum Gasteiger partial charge on any atom is 0.265 e. The van der Waals surface area contributed by atoms with Gasteiger partial charge < -0.3 is 9.47 Å². The highest BCUT2D eigenvalue weighted by Gasteiger charge is 2.27. The minimum atomic E-state index is 0.118. The first kappa shape index (κ1) is 13.3. The van der Waals surface area contributed by atoms with Gasteiger partial charge >= 0.3 is 0 Å². The smallest absolute Gasteiger partial charge is 0.265 e. The number of aromatic nitrogens is 3. The molecule has 2 aromatic heterocycles. The van der Waals surface area contributed by atoms with Crippen LogP contribution in [0.15, 0.2) is 17.9 Å². The van der Waals surface area contributed by atoms with E-state index in [9.17, 15) is 4.79 Å². The molecule has 2 aromatic rings. The quantitative estimate of drug-likeness (QED) is 0.853. The van der Waals surface area contributed by atoms with Gasteiger partial charge in [0.2, 0.25) is 0 Å². The Bertz CT molecular complexity index is 618. The number of likely N-dealkylation sites (tertiary alicyclic amines) is 1. The van der Waals surface area contributed by atoms with E-state index in [1.807, 2.05) is 31.1 Å². The molecule has 1 saturated heterocycles. The van der Waals surface area contributed by atoms with Crippen LogP contribution in [0.5, 0.6) is 0 Å². The molecule has 0 spiro atoms. The molecule has 6 heteroatoms. The molecule has 1 aliphatic rings. The van der Waals surface area contributed by atoms with E-state index in [-0.39, 0.29) is 5.91 Å². The molecule has 1 aliphatic heterocycles. The number of carbonyl (C=O) groups excluding carboxylic acids is 1. The van der Waals surface area contributed by atoms with E-state index in [0.717, 1.165) is 42.3 Å². The van der Waals surface area contributed by atoms with Crippen LogP contribution in [-0.4, -0.2) is 38.4 Å². The van der Waals surface area contributed by atoms with Crippen molar-refractivity contribution in [2.75, 3.05) is 13.1 Å². The molecule has 3 rings (SSSR count). The van der Waals surface area contributed by atoms with Crippen LogP contribution in [0, 0.1) is 13.8 Å². The van der Waals surface area contributed by atoms with Crippen LogP contribution in [-0.2, 0) is 0 Å². The predicted octanol–water partition coefficient (Wildman–Crippen LogP) is 2.43. The normalized spacial score (nSPS) is 19.3. The zero-order valence-electron chi connectivity index (χ0n) is 11.7. The Morgan fingerprint density at radius 3 is 2.90 bits per heavy atom. The fraction of sp³-hybridized carbons (Fsp3) is 0.500. The Hall–Kier alpha value is -1.69. The van der Waals surface area contributed by atoms with E-state index in [4.69, 9.17) is 0 Å². The molecule has 0 bridgehead atoms. The Labute approximate surface area is 122 Å². The molecule has 1 atom stereocenters. The molecule has 0 radical (unpaired) electrons. The maximum absolute atomic E-state index is 12.6.